The van der Waals surface area contributed by atoms with E-state index in [0.717, 1.165) is 6.42 Å². The fraction of sp³-hybridized carbons (Fsp3) is 0.556. The fourth-order valence-electron chi connectivity index (χ4n) is 2.74. The zero-order valence-corrected chi connectivity index (χ0v) is 15.2. The number of nitrogens with one attached hydrogen (secondary N) is 1. The highest BCUT2D eigenvalue weighted by Gasteiger charge is 2.44. The van der Waals surface area contributed by atoms with Crippen LogP contribution in [0.25, 0.3) is 0 Å². The molecule has 0 aliphatic carbocycles. The molecule has 5 nitrogen and oxygen atoms in total. The highest BCUT2D eigenvalue weighted by atomic mass is 32.2. The van der Waals surface area contributed by atoms with Gasteiger partial charge in [0.15, 0.2) is 0 Å². The Labute approximate surface area is 144 Å². The maximum Gasteiger partial charge on any atom is 0.244 e. The zero-order valence-electron chi connectivity index (χ0n) is 14.4. The predicted octanol–water partition coefficient (Wildman–Crippen LogP) is 3.03. The number of nitriles is 1. The van der Waals surface area contributed by atoms with Gasteiger partial charge in [0.1, 0.15) is 15.3 Å². The monoisotopic (exact) mass is 348 g/mol. The summed E-state index contributed by atoms with van der Waals surface area (Å²) in [7, 11) is -3.13. The molecular weight excluding hydrogens is 324 g/mol. The summed E-state index contributed by atoms with van der Waals surface area (Å²) in [5.41, 5.74) is 0.612. The highest BCUT2D eigenvalue weighted by molar-refractivity contribution is 7.91. The molecule has 0 saturated carbocycles. The molecule has 1 amide bonds. The highest BCUT2D eigenvalue weighted by Crippen LogP contribution is 2.34. The first-order valence-electron chi connectivity index (χ1n) is 8.18. The lowest BCUT2D eigenvalue weighted by atomic mass is 9.81. The lowest BCUT2D eigenvalue weighted by molar-refractivity contribution is -0.123. The van der Waals surface area contributed by atoms with Crippen molar-refractivity contribution in [2.75, 3.05) is 16.8 Å². The molecule has 1 aliphatic rings. The Bertz CT molecular complexity index is 744. The van der Waals surface area contributed by atoms with E-state index in [2.05, 4.69) is 26.1 Å². The van der Waals surface area contributed by atoms with Crippen LogP contribution >= 0.6 is 0 Å². The van der Waals surface area contributed by atoms with Crippen molar-refractivity contribution in [2.24, 2.45) is 5.41 Å². The van der Waals surface area contributed by atoms with Crippen LogP contribution in [-0.4, -0.2) is 25.8 Å². The number of nitrogens with zero attached hydrogens (tertiary/aromatic N) is 1. The third-order valence-electron chi connectivity index (χ3n) is 5.14. The molecule has 0 bridgehead atoms. The van der Waals surface area contributed by atoms with Gasteiger partial charge < -0.3 is 5.32 Å². The Balaban J connectivity index is 2.13. The van der Waals surface area contributed by atoms with Gasteiger partial charge in [0, 0.05) is 5.69 Å². The number of hydrogen-bond acceptors (Lipinski definition) is 4. The standard InChI is InChI=1S/C18H24N2O3S/c1-4-17(2,3)14-5-7-15(8-6-14)20-16(21)18(13-19)9-11-24(22,23)12-10-18/h5-8H,4,9-12H2,1-3H3,(H,20,21). The van der Waals surface area contributed by atoms with Crippen LogP contribution in [0.1, 0.15) is 45.6 Å². The summed E-state index contributed by atoms with van der Waals surface area (Å²) in [5, 5.41) is 12.2. The maximum atomic E-state index is 12.5. The van der Waals surface area contributed by atoms with Crippen LogP contribution < -0.4 is 5.32 Å². The Hall–Kier alpha value is -1.87. The van der Waals surface area contributed by atoms with Crippen LogP contribution in [-0.2, 0) is 20.0 Å². The summed E-state index contributed by atoms with van der Waals surface area (Å²) in [6, 6.07) is 9.65. The number of sulfone groups is 1. The van der Waals surface area contributed by atoms with Crippen LogP contribution in [0, 0.1) is 16.7 Å². The predicted molar refractivity (Wildman–Crippen MR) is 94.3 cm³/mol. The Morgan fingerprint density at radius 2 is 1.79 bits per heavy atom. The number of rotatable bonds is 4. The molecule has 1 aromatic rings. The third-order valence-corrected chi connectivity index (χ3v) is 6.79. The first kappa shape index (κ1) is 18.5. The molecule has 24 heavy (non-hydrogen) atoms. The number of carbonyl (C=O) groups excluding carboxylic acids is 1. The van der Waals surface area contributed by atoms with E-state index < -0.39 is 21.2 Å². The number of amides is 1. The smallest absolute Gasteiger partial charge is 0.244 e. The quantitative estimate of drug-likeness (QED) is 0.906. The summed E-state index contributed by atoms with van der Waals surface area (Å²) < 4.78 is 23.1. The van der Waals surface area contributed by atoms with Crippen molar-refractivity contribution in [3.05, 3.63) is 29.8 Å². The number of carbonyl (C=O) groups is 1. The van der Waals surface area contributed by atoms with Crippen LogP contribution in [0.15, 0.2) is 24.3 Å². The molecule has 6 heteroatoms. The van der Waals surface area contributed by atoms with E-state index in [1.54, 1.807) is 0 Å². The summed E-state index contributed by atoms with van der Waals surface area (Å²) in [6.45, 7) is 6.45. The molecule has 1 N–H and O–H groups in total. The molecule has 1 fully saturated rings. The molecule has 1 aliphatic heterocycles. The van der Waals surface area contributed by atoms with Crippen molar-refractivity contribution in [2.45, 2.75) is 45.4 Å². The van der Waals surface area contributed by atoms with Gasteiger partial charge >= 0.3 is 0 Å². The molecule has 1 saturated heterocycles. The topological polar surface area (TPSA) is 87.0 Å². The molecule has 0 atom stereocenters. The minimum atomic E-state index is -3.13. The van der Waals surface area contributed by atoms with Crippen LogP contribution in [0.3, 0.4) is 0 Å². The second-order valence-corrected chi connectivity index (χ2v) is 9.42. The minimum absolute atomic E-state index is 0.0542. The summed E-state index contributed by atoms with van der Waals surface area (Å²) >= 11 is 0. The van der Waals surface area contributed by atoms with Gasteiger partial charge in [-0.3, -0.25) is 4.79 Å². The van der Waals surface area contributed by atoms with E-state index in [1.807, 2.05) is 30.3 Å². The molecule has 0 aromatic heterocycles. The maximum absolute atomic E-state index is 12.5. The first-order valence-corrected chi connectivity index (χ1v) is 10.00. The van der Waals surface area contributed by atoms with E-state index in [0.29, 0.717) is 5.69 Å². The summed E-state index contributed by atoms with van der Waals surface area (Å²) in [6.07, 6.45) is 1.11. The Kier molecular flexibility index (Phi) is 5.05. The lowest BCUT2D eigenvalue weighted by Crippen LogP contribution is -2.42. The van der Waals surface area contributed by atoms with Gasteiger partial charge in [-0.1, -0.05) is 32.9 Å². The van der Waals surface area contributed by atoms with Gasteiger partial charge in [-0.15, -0.1) is 0 Å². The molecule has 130 valence electrons. The lowest BCUT2D eigenvalue weighted by Gasteiger charge is -2.29. The minimum Gasteiger partial charge on any atom is -0.325 e. The van der Waals surface area contributed by atoms with Crippen LogP contribution in [0.5, 0.6) is 0 Å². The molecular formula is C18H24N2O3S. The van der Waals surface area contributed by atoms with Gasteiger partial charge in [-0.05, 0) is 42.4 Å². The second kappa shape index (κ2) is 6.56. The molecule has 0 unspecified atom stereocenters. The van der Waals surface area contributed by atoms with Crippen molar-refractivity contribution in [3.63, 3.8) is 0 Å². The SMILES string of the molecule is CCC(C)(C)c1ccc(NC(=O)C2(C#N)CCS(=O)(=O)CC2)cc1. The van der Waals surface area contributed by atoms with Gasteiger partial charge in [0.2, 0.25) is 5.91 Å². The summed E-state index contributed by atoms with van der Waals surface area (Å²) in [5.74, 6) is -0.641. The van der Waals surface area contributed by atoms with Crippen LogP contribution in [0.4, 0.5) is 5.69 Å². The summed E-state index contributed by atoms with van der Waals surface area (Å²) in [4.78, 5) is 12.5. The Morgan fingerprint density at radius 3 is 2.25 bits per heavy atom. The number of benzene rings is 1. The van der Waals surface area contributed by atoms with Crippen molar-refractivity contribution in [3.8, 4) is 6.07 Å². The normalized spacial score (nSPS) is 19.2. The second-order valence-electron chi connectivity index (χ2n) is 7.11. The molecule has 0 spiro atoms. The number of anilines is 1. The third kappa shape index (κ3) is 3.78. The van der Waals surface area contributed by atoms with Gasteiger partial charge in [0.05, 0.1) is 17.6 Å². The van der Waals surface area contributed by atoms with E-state index in [-0.39, 0.29) is 29.8 Å². The molecule has 1 aromatic carbocycles. The number of hydrogen-bond donors (Lipinski definition) is 1. The van der Waals surface area contributed by atoms with E-state index in [1.165, 1.54) is 5.56 Å². The zero-order chi connectivity index (χ0) is 18.0. The van der Waals surface area contributed by atoms with Crippen molar-refractivity contribution in [1.82, 2.24) is 0 Å². The van der Waals surface area contributed by atoms with Crippen molar-refractivity contribution in [1.29, 1.82) is 5.26 Å². The van der Waals surface area contributed by atoms with Gasteiger partial charge in [-0.2, -0.15) is 5.26 Å². The molecule has 1 heterocycles. The average molecular weight is 348 g/mol. The van der Waals surface area contributed by atoms with Crippen molar-refractivity contribution < 1.29 is 13.2 Å². The van der Waals surface area contributed by atoms with E-state index in [4.69, 9.17) is 0 Å². The molecule has 2 rings (SSSR count). The molecule has 0 radical (unpaired) electrons. The van der Waals surface area contributed by atoms with Crippen molar-refractivity contribution >= 4 is 21.4 Å². The van der Waals surface area contributed by atoms with Crippen LogP contribution in [0.2, 0.25) is 0 Å². The average Bonchev–Trinajstić information content (AvgIpc) is 2.56. The van der Waals surface area contributed by atoms with E-state index in [9.17, 15) is 18.5 Å². The van der Waals surface area contributed by atoms with E-state index >= 15 is 0 Å². The first-order chi connectivity index (χ1) is 11.1. The largest absolute Gasteiger partial charge is 0.325 e. The van der Waals surface area contributed by atoms with Gasteiger partial charge in [0.25, 0.3) is 0 Å². The van der Waals surface area contributed by atoms with Gasteiger partial charge in [-0.25, -0.2) is 8.42 Å². The Morgan fingerprint density at radius 1 is 1.25 bits per heavy atom. The fourth-order valence-corrected chi connectivity index (χ4v) is 4.26.